The van der Waals surface area contributed by atoms with Crippen LogP contribution in [-0.2, 0) is 11.0 Å². The quantitative estimate of drug-likeness (QED) is 0.643. The van der Waals surface area contributed by atoms with E-state index in [0.717, 1.165) is 12.1 Å². The number of alkyl halides is 3. The second-order valence-electron chi connectivity index (χ2n) is 6.78. The van der Waals surface area contributed by atoms with Crippen molar-refractivity contribution < 1.29 is 22.8 Å². The Kier molecular flexibility index (Phi) is 7.87. The first-order valence-electron chi connectivity index (χ1n) is 9.23. The molecule has 2 aromatic carbocycles. The summed E-state index contributed by atoms with van der Waals surface area (Å²) in [4.78, 5) is 24.5. The number of urea groups is 1. The van der Waals surface area contributed by atoms with E-state index < -0.39 is 29.7 Å². The molecule has 3 amide bonds. The molecule has 0 aromatic heterocycles. The van der Waals surface area contributed by atoms with Crippen LogP contribution in [0.3, 0.4) is 0 Å². The zero-order valence-electron chi connectivity index (χ0n) is 16.5. The predicted molar refractivity (Wildman–Crippen MR) is 109 cm³/mol. The predicted octanol–water partition coefficient (Wildman–Crippen LogP) is 4.02. The van der Waals surface area contributed by atoms with E-state index in [1.165, 1.54) is 12.1 Å². The van der Waals surface area contributed by atoms with Crippen molar-refractivity contribution >= 4 is 17.6 Å². The summed E-state index contributed by atoms with van der Waals surface area (Å²) >= 11 is 0. The molecule has 5 nitrogen and oxygen atoms in total. The zero-order chi connectivity index (χ0) is 22.1. The van der Waals surface area contributed by atoms with Gasteiger partial charge in [0.1, 0.15) is 6.04 Å². The minimum atomic E-state index is -4.44. The number of amides is 3. The number of carbonyl (C=O) groups excluding carboxylic acids is 2. The molecule has 0 bridgehead atoms. The lowest BCUT2D eigenvalue weighted by molar-refractivity contribution is -0.137. The molecule has 0 aliphatic heterocycles. The maximum atomic E-state index is 12.7. The molecule has 0 aliphatic rings. The molecule has 0 fully saturated rings. The molecule has 0 saturated heterocycles. The first kappa shape index (κ1) is 22.8. The standard InChI is InChI=1S/C22H22F3N3O2/c1-15(2)19(28-21(30)27-18-11-4-3-5-12-18)20(29)26-13-7-9-16-8-6-10-17(14-16)22(23,24)25/h3-6,8,10-12,14-15,19H,13H2,1-2H3,(H,26,29)(H2,27,28,30). The number of para-hydroxylation sites is 1. The van der Waals surface area contributed by atoms with Gasteiger partial charge in [-0.1, -0.05) is 50.0 Å². The van der Waals surface area contributed by atoms with Crippen molar-refractivity contribution in [2.45, 2.75) is 26.1 Å². The smallest absolute Gasteiger partial charge is 0.343 e. The van der Waals surface area contributed by atoms with E-state index >= 15 is 0 Å². The van der Waals surface area contributed by atoms with Crippen molar-refractivity contribution in [1.82, 2.24) is 10.6 Å². The summed E-state index contributed by atoms with van der Waals surface area (Å²) in [7, 11) is 0. The van der Waals surface area contributed by atoms with E-state index in [4.69, 9.17) is 0 Å². The van der Waals surface area contributed by atoms with Gasteiger partial charge in [0.05, 0.1) is 12.1 Å². The number of benzene rings is 2. The lowest BCUT2D eigenvalue weighted by atomic mass is 10.0. The molecule has 0 heterocycles. The fourth-order valence-electron chi connectivity index (χ4n) is 2.53. The number of halogens is 3. The molecule has 1 unspecified atom stereocenters. The maximum absolute atomic E-state index is 12.7. The second kappa shape index (κ2) is 10.3. The van der Waals surface area contributed by atoms with Gasteiger partial charge in [-0.05, 0) is 36.2 Å². The van der Waals surface area contributed by atoms with Crippen LogP contribution in [0.25, 0.3) is 0 Å². The fourth-order valence-corrected chi connectivity index (χ4v) is 2.53. The summed E-state index contributed by atoms with van der Waals surface area (Å²) < 4.78 is 38.2. The highest BCUT2D eigenvalue weighted by atomic mass is 19.4. The summed E-state index contributed by atoms with van der Waals surface area (Å²) in [5.74, 6) is 4.58. The van der Waals surface area contributed by atoms with Crippen LogP contribution in [0.5, 0.6) is 0 Å². The van der Waals surface area contributed by atoms with Gasteiger partial charge in [0.15, 0.2) is 0 Å². The Morgan fingerprint density at radius 1 is 1.03 bits per heavy atom. The molecule has 0 saturated carbocycles. The highest BCUT2D eigenvalue weighted by Crippen LogP contribution is 2.29. The van der Waals surface area contributed by atoms with Crippen molar-refractivity contribution in [1.29, 1.82) is 0 Å². The zero-order valence-corrected chi connectivity index (χ0v) is 16.5. The van der Waals surface area contributed by atoms with Gasteiger partial charge < -0.3 is 16.0 Å². The van der Waals surface area contributed by atoms with E-state index in [-0.39, 0.29) is 18.0 Å². The maximum Gasteiger partial charge on any atom is 0.416 e. The Labute approximate surface area is 173 Å². The molecular weight excluding hydrogens is 395 g/mol. The minimum Gasteiger partial charge on any atom is -0.343 e. The molecule has 2 aromatic rings. The third-order valence-electron chi connectivity index (χ3n) is 4.04. The molecule has 3 N–H and O–H groups in total. The van der Waals surface area contributed by atoms with Gasteiger partial charge in [-0.3, -0.25) is 4.79 Å². The van der Waals surface area contributed by atoms with Gasteiger partial charge in [0.2, 0.25) is 5.91 Å². The van der Waals surface area contributed by atoms with E-state index in [0.29, 0.717) is 5.69 Å². The largest absolute Gasteiger partial charge is 0.416 e. The van der Waals surface area contributed by atoms with Crippen molar-refractivity contribution in [2.24, 2.45) is 5.92 Å². The van der Waals surface area contributed by atoms with E-state index in [2.05, 4.69) is 27.8 Å². The summed E-state index contributed by atoms with van der Waals surface area (Å²) in [6, 6.07) is 12.1. The number of rotatable bonds is 5. The van der Waals surface area contributed by atoms with Gasteiger partial charge in [-0.15, -0.1) is 0 Å². The molecule has 158 valence electrons. The van der Waals surface area contributed by atoms with Gasteiger partial charge in [0.25, 0.3) is 0 Å². The molecular formula is C22H22F3N3O2. The third kappa shape index (κ3) is 7.17. The van der Waals surface area contributed by atoms with Gasteiger partial charge in [-0.2, -0.15) is 13.2 Å². The second-order valence-corrected chi connectivity index (χ2v) is 6.78. The van der Waals surface area contributed by atoms with Gasteiger partial charge in [0, 0.05) is 11.3 Å². The molecule has 2 rings (SSSR count). The summed E-state index contributed by atoms with van der Waals surface area (Å²) in [6.45, 7) is 3.49. The highest BCUT2D eigenvalue weighted by molar-refractivity contribution is 5.93. The summed E-state index contributed by atoms with van der Waals surface area (Å²) in [5.41, 5.74) is -0.00319. The van der Waals surface area contributed by atoms with Crippen molar-refractivity contribution in [3.63, 3.8) is 0 Å². The number of nitrogens with one attached hydrogen (secondary N) is 3. The van der Waals surface area contributed by atoms with E-state index in [1.54, 1.807) is 38.1 Å². The molecule has 30 heavy (non-hydrogen) atoms. The Balaban J connectivity index is 1.92. The fraction of sp³-hybridized carbons (Fsp3) is 0.273. The first-order valence-corrected chi connectivity index (χ1v) is 9.23. The van der Waals surface area contributed by atoms with Gasteiger partial charge in [-0.25, -0.2) is 4.79 Å². The first-order chi connectivity index (χ1) is 14.2. The highest BCUT2D eigenvalue weighted by Gasteiger charge is 2.30. The minimum absolute atomic E-state index is 0.0692. The SMILES string of the molecule is CC(C)C(NC(=O)Nc1ccccc1)C(=O)NCC#Cc1cccc(C(F)(F)F)c1. The number of hydrogen-bond donors (Lipinski definition) is 3. The summed E-state index contributed by atoms with van der Waals surface area (Å²) in [5, 5.41) is 7.82. The van der Waals surface area contributed by atoms with E-state index in [9.17, 15) is 22.8 Å². The Morgan fingerprint density at radius 3 is 2.37 bits per heavy atom. The third-order valence-corrected chi connectivity index (χ3v) is 4.04. The lowest BCUT2D eigenvalue weighted by Gasteiger charge is -2.21. The summed E-state index contributed by atoms with van der Waals surface area (Å²) in [6.07, 6.45) is -4.44. The van der Waals surface area contributed by atoms with Crippen LogP contribution < -0.4 is 16.0 Å². The van der Waals surface area contributed by atoms with Crippen LogP contribution in [0.1, 0.15) is 25.0 Å². The van der Waals surface area contributed by atoms with Crippen LogP contribution in [0.4, 0.5) is 23.7 Å². The van der Waals surface area contributed by atoms with Crippen LogP contribution >= 0.6 is 0 Å². The van der Waals surface area contributed by atoms with Crippen LogP contribution in [0.15, 0.2) is 54.6 Å². The van der Waals surface area contributed by atoms with Gasteiger partial charge >= 0.3 is 12.2 Å². The van der Waals surface area contributed by atoms with Crippen molar-refractivity contribution in [3.8, 4) is 11.8 Å². The number of carbonyl (C=O) groups is 2. The van der Waals surface area contributed by atoms with Crippen molar-refractivity contribution in [3.05, 3.63) is 65.7 Å². The number of hydrogen-bond acceptors (Lipinski definition) is 2. The van der Waals surface area contributed by atoms with Crippen LogP contribution in [-0.4, -0.2) is 24.5 Å². The molecule has 0 spiro atoms. The Bertz CT molecular complexity index is 932. The molecule has 1 atom stereocenters. The van der Waals surface area contributed by atoms with Crippen LogP contribution in [0.2, 0.25) is 0 Å². The van der Waals surface area contributed by atoms with E-state index in [1.807, 2.05) is 6.07 Å². The number of anilines is 1. The molecule has 0 radical (unpaired) electrons. The normalized spacial score (nSPS) is 11.8. The topological polar surface area (TPSA) is 70.2 Å². The monoisotopic (exact) mass is 417 g/mol. The lowest BCUT2D eigenvalue weighted by Crippen LogP contribution is -2.51. The molecule has 0 aliphatic carbocycles. The van der Waals surface area contributed by atoms with Crippen molar-refractivity contribution in [2.75, 3.05) is 11.9 Å². The Hall–Kier alpha value is -3.47. The van der Waals surface area contributed by atoms with Crippen LogP contribution in [0, 0.1) is 17.8 Å². The average molecular weight is 417 g/mol. The Morgan fingerprint density at radius 2 is 1.73 bits per heavy atom. The average Bonchev–Trinajstić information content (AvgIpc) is 2.69. The molecule has 8 heteroatoms.